The number of rotatable bonds is 3. The number of nitrogens with one attached hydrogen (secondary N) is 1. The van der Waals surface area contributed by atoms with Gasteiger partial charge in [0, 0.05) is 17.3 Å². The van der Waals surface area contributed by atoms with Gasteiger partial charge in [0.2, 0.25) is 5.95 Å². The summed E-state index contributed by atoms with van der Waals surface area (Å²) in [5.74, 6) is 0.855. The van der Waals surface area contributed by atoms with E-state index in [0.29, 0.717) is 6.04 Å². The average molecular weight is 264 g/mol. The molecule has 2 rings (SSSR count). The van der Waals surface area contributed by atoms with Gasteiger partial charge in [-0.15, -0.1) is 0 Å². The summed E-state index contributed by atoms with van der Waals surface area (Å²) in [7, 11) is 0. The van der Waals surface area contributed by atoms with Gasteiger partial charge in [-0.3, -0.25) is 4.57 Å². The second kappa shape index (κ2) is 5.02. The van der Waals surface area contributed by atoms with E-state index in [9.17, 15) is 0 Å². The minimum atomic E-state index is 0.338. The third-order valence-corrected chi connectivity index (χ3v) is 3.15. The van der Waals surface area contributed by atoms with Crippen molar-refractivity contribution in [2.75, 3.05) is 5.32 Å². The Balaban J connectivity index is 2.53. The van der Waals surface area contributed by atoms with Crippen molar-refractivity contribution in [3.8, 4) is 5.69 Å². The fraction of sp³-hybridized carbons (Fsp3) is 0.357. The molecule has 1 aromatic heterocycles. The van der Waals surface area contributed by atoms with Gasteiger partial charge in [-0.05, 0) is 45.4 Å². The van der Waals surface area contributed by atoms with Crippen molar-refractivity contribution in [3.05, 3.63) is 40.7 Å². The highest BCUT2D eigenvalue weighted by molar-refractivity contribution is 6.31. The van der Waals surface area contributed by atoms with E-state index in [4.69, 9.17) is 11.6 Å². The van der Waals surface area contributed by atoms with Crippen molar-refractivity contribution < 1.29 is 0 Å². The Bertz CT molecular complexity index is 558. The number of anilines is 1. The van der Waals surface area contributed by atoms with Crippen molar-refractivity contribution in [1.29, 1.82) is 0 Å². The summed E-state index contributed by atoms with van der Waals surface area (Å²) in [5.41, 5.74) is 3.10. The molecule has 0 aliphatic carbocycles. The zero-order chi connectivity index (χ0) is 13.3. The molecule has 1 aromatic carbocycles. The lowest BCUT2D eigenvalue weighted by atomic mass is 10.2. The molecule has 0 atom stereocenters. The van der Waals surface area contributed by atoms with Crippen LogP contribution in [0.4, 0.5) is 5.95 Å². The molecule has 2 aromatic rings. The predicted octanol–water partition coefficient (Wildman–Crippen LogP) is 3.96. The number of aromatic nitrogens is 2. The van der Waals surface area contributed by atoms with Crippen LogP contribution in [0.5, 0.6) is 0 Å². The van der Waals surface area contributed by atoms with Gasteiger partial charge in [0.15, 0.2) is 0 Å². The van der Waals surface area contributed by atoms with Crippen molar-refractivity contribution in [3.63, 3.8) is 0 Å². The fourth-order valence-corrected chi connectivity index (χ4v) is 2.07. The van der Waals surface area contributed by atoms with E-state index in [1.807, 2.05) is 38.2 Å². The van der Waals surface area contributed by atoms with Crippen LogP contribution in [0.3, 0.4) is 0 Å². The van der Waals surface area contributed by atoms with Gasteiger partial charge < -0.3 is 5.32 Å². The van der Waals surface area contributed by atoms with Crippen LogP contribution in [0.1, 0.15) is 25.1 Å². The second-order valence-electron chi connectivity index (χ2n) is 4.76. The van der Waals surface area contributed by atoms with Crippen LogP contribution >= 0.6 is 11.6 Å². The molecule has 0 bridgehead atoms. The molecule has 0 spiro atoms. The van der Waals surface area contributed by atoms with Crippen molar-refractivity contribution in [2.45, 2.75) is 33.7 Å². The zero-order valence-corrected chi connectivity index (χ0v) is 11.9. The number of hydrogen-bond donors (Lipinski definition) is 1. The first-order chi connectivity index (χ1) is 8.49. The second-order valence-corrected chi connectivity index (χ2v) is 5.17. The van der Waals surface area contributed by atoms with Gasteiger partial charge in [-0.1, -0.05) is 17.7 Å². The highest BCUT2D eigenvalue weighted by Gasteiger charge is 2.11. The van der Waals surface area contributed by atoms with Crippen molar-refractivity contribution in [1.82, 2.24) is 9.55 Å². The van der Waals surface area contributed by atoms with Crippen LogP contribution < -0.4 is 5.32 Å². The Kier molecular flexibility index (Phi) is 3.62. The highest BCUT2D eigenvalue weighted by atomic mass is 35.5. The molecule has 0 radical (unpaired) electrons. The van der Waals surface area contributed by atoms with E-state index >= 15 is 0 Å². The fourth-order valence-electron chi connectivity index (χ4n) is 1.90. The minimum Gasteiger partial charge on any atom is -0.353 e. The molecule has 0 saturated heterocycles. The van der Waals surface area contributed by atoms with Crippen LogP contribution in [0.2, 0.25) is 5.02 Å². The van der Waals surface area contributed by atoms with E-state index in [1.165, 1.54) is 0 Å². The van der Waals surface area contributed by atoms with E-state index in [1.54, 1.807) is 0 Å². The monoisotopic (exact) mass is 263 g/mol. The molecule has 0 aliphatic rings. The highest BCUT2D eigenvalue weighted by Crippen LogP contribution is 2.25. The van der Waals surface area contributed by atoms with E-state index in [0.717, 1.165) is 27.9 Å². The molecule has 96 valence electrons. The predicted molar refractivity (Wildman–Crippen MR) is 76.8 cm³/mol. The lowest BCUT2D eigenvalue weighted by Crippen LogP contribution is -2.14. The Morgan fingerprint density at radius 2 is 2.00 bits per heavy atom. The Labute approximate surface area is 113 Å². The molecule has 1 heterocycles. The molecule has 0 saturated carbocycles. The van der Waals surface area contributed by atoms with Crippen LogP contribution in [0, 0.1) is 13.8 Å². The van der Waals surface area contributed by atoms with E-state index in [2.05, 4.69) is 28.7 Å². The average Bonchev–Trinajstić information content (AvgIpc) is 2.62. The summed E-state index contributed by atoms with van der Waals surface area (Å²) < 4.78 is 2.05. The normalized spacial score (nSPS) is 11.0. The third-order valence-electron chi connectivity index (χ3n) is 2.74. The SMILES string of the molecule is Cc1cn(-c2cccc(Cl)c2C)c(NC(C)C)n1. The first-order valence-electron chi connectivity index (χ1n) is 6.07. The number of halogens is 1. The van der Waals surface area contributed by atoms with Crippen LogP contribution in [0.15, 0.2) is 24.4 Å². The zero-order valence-electron chi connectivity index (χ0n) is 11.2. The molecule has 1 N–H and O–H groups in total. The van der Waals surface area contributed by atoms with E-state index in [-0.39, 0.29) is 0 Å². The summed E-state index contributed by atoms with van der Waals surface area (Å²) in [6.07, 6.45) is 2.02. The summed E-state index contributed by atoms with van der Waals surface area (Å²) in [5, 5.41) is 4.12. The molecule has 0 amide bonds. The summed E-state index contributed by atoms with van der Waals surface area (Å²) in [6, 6.07) is 6.25. The number of benzene rings is 1. The van der Waals surface area contributed by atoms with Gasteiger partial charge >= 0.3 is 0 Å². The molecule has 0 unspecified atom stereocenters. The van der Waals surface area contributed by atoms with Crippen molar-refractivity contribution >= 4 is 17.5 Å². The Hall–Kier alpha value is -1.48. The number of imidazole rings is 1. The number of aryl methyl sites for hydroxylation is 1. The van der Waals surface area contributed by atoms with Crippen LogP contribution in [-0.4, -0.2) is 15.6 Å². The van der Waals surface area contributed by atoms with E-state index < -0.39 is 0 Å². The van der Waals surface area contributed by atoms with Crippen LogP contribution in [-0.2, 0) is 0 Å². The molecular weight excluding hydrogens is 246 g/mol. The molecule has 0 fully saturated rings. The molecular formula is C14H18ClN3. The maximum Gasteiger partial charge on any atom is 0.207 e. The molecule has 4 heteroatoms. The molecule has 3 nitrogen and oxygen atoms in total. The largest absolute Gasteiger partial charge is 0.353 e. The number of hydrogen-bond acceptors (Lipinski definition) is 2. The third kappa shape index (κ3) is 2.51. The van der Waals surface area contributed by atoms with Gasteiger partial charge in [-0.25, -0.2) is 4.98 Å². The minimum absolute atomic E-state index is 0.338. The van der Waals surface area contributed by atoms with Crippen LogP contribution in [0.25, 0.3) is 5.69 Å². The Morgan fingerprint density at radius 1 is 1.28 bits per heavy atom. The molecule has 18 heavy (non-hydrogen) atoms. The first-order valence-corrected chi connectivity index (χ1v) is 6.45. The standard InChI is InChI=1S/C14H18ClN3/c1-9(2)16-14-17-10(3)8-18(14)13-7-5-6-12(15)11(13)4/h5-9H,1-4H3,(H,16,17). The van der Waals surface area contributed by atoms with Gasteiger partial charge in [0.25, 0.3) is 0 Å². The smallest absolute Gasteiger partial charge is 0.207 e. The molecule has 0 aliphatic heterocycles. The Morgan fingerprint density at radius 3 is 2.67 bits per heavy atom. The van der Waals surface area contributed by atoms with Gasteiger partial charge in [0.05, 0.1) is 11.4 Å². The maximum absolute atomic E-state index is 6.17. The summed E-state index contributed by atoms with van der Waals surface area (Å²) in [6.45, 7) is 8.20. The quantitative estimate of drug-likeness (QED) is 0.908. The summed E-state index contributed by atoms with van der Waals surface area (Å²) >= 11 is 6.17. The lowest BCUT2D eigenvalue weighted by Gasteiger charge is -2.14. The topological polar surface area (TPSA) is 29.9 Å². The van der Waals surface area contributed by atoms with Gasteiger partial charge in [-0.2, -0.15) is 0 Å². The van der Waals surface area contributed by atoms with Gasteiger partial charge in [0.1, 0.15) is 0 Å². The van der Waals surface area contributed by atoms with Crippen molar-refractivity contribution in [2.24, 2.45) is 0 Å². The maximum atomic E-state index is 6.17. The lowest BCUT2D eigenvalue weighted by molar-refractivity contribution is 0.862. The summed E-state index contributed by atoms with van der Waals surface area (Å²) in [4.78, 5) is 4.51. The first kappa shape index (κ1) is 13.0. The number of nitrogens with zero attached hydrogens (tertiary/aromatic N) is 2.